The van der Waals surface area contributed by atoms with Crippen LogP contribution in [-0.4, -0.2) is 36.7 Å². The summed E-state index contributed by atoms with van der Waals surface area (Å²) in [4.78, 5) is 27.3. The van der Waals surface area contributed by atoms with E-state index >= 15 is 0 Å². The van der Waals surface area contributed by atoms with E-state index in [0.717, 1.165) is 5.69 Å². The SMILES string of the molecule is C=CC[C@@H]1N(c2ccc(Cl)cc2)C(=O)[C@@H]2[C@@H](C(=O)OC)[C@@H]3C=C[C@@]21O3. The Morgan fingerprint density at radius 1 is 1.44 bits per heavy atom. The van der Waals surface area contributed by atoms with Gasteiger partial charge in [-0.25, -0.2) is 0 Å². The summed E-state index contributed by atoms with van der Waals surface area (Å²) in [5, 5.41) is 0.596. The molecule has 0 unspecified atom stereocenters. The van der Waals surface area contributed by atoms with Crippen molar-refractivity contribution in [2.75, 3.05) is 12.0 Å². The van der Waals surface area contributed by atoms with Crippen molar-refractivity contribution >= 4 is 29.2 Å². The Morgan fingerprint density at radius 3 is 2.80 bits per heavy atom. The third kappa shape index (κ3) is 2.12. The van der Waals surface area contributed by atoms with Gasteiger partial charge in [0.05, 0.1) is 25.2 Å². The zero-order valence-electron chi connectivity index (χ0n) is 13.7. The normalized spacial score (nSPS) is 35.1. The number of rotatable bonds is 4. The maximum atomic E-state index is 13.3. The third-order valence-electron chi connectivity index (χ3n) is 5.39. The highest BCUT2D eigenvalue weighted by molar-refractivity contribution is 6.30. The standard InChI is InChI=1S/C19H18ClNO4/c1-3-4-14-19-10-9-13(25-19)15(18(23)24-2)16(19)17(22)21(14)12-7-5-11(20)6-8-12/h3,5-10,13-16H,1,4H2,2H3/t13-,14-,15-,16-,19-/m0/s1. The first-order chi connectivity index (χ1) is 12.0. The van der Waals surface area contributed by atoms with Crippen molar-refractivity contribution in [2.24, 2.45) is 11.8 Å². The number of carbonyl (C=O) groups is 2. The van der Waals surface area contributed by atoms with Crippen LogP contribution >= 0.6 is 11.6 Å². The van der Waals surface area contributed by atoms with Crippen LogP contribution in [0.2, 0.25) is 5.02 Å². The van der Waals surface area contributed by atoms with Crippen LogP contribution in [0, 0.1) is 11.8 Å². The van der Waals surface area contributed by atoms with E-state index in [-0.39, 0.29) is 11.9 Å². The van der Waals surface area contributed by atoms with Crippen LogP contribution < -0.4 is 4.90 Å². The minimum absolute atomic E-state index is 0.128. The molecule has 1 aromatic carbocycles. The fourth-order valence-electron chi connectivity index (χ4n) is 4.41. The number of benzene rings is 1. The lowest BCUT2D eigenvalue weighted by Crippen LogP contribution is -2.45. The molecule has 1 spiro atoms. The van der Waals surface area contributed by atoms with Gasteiger partial charge < -0.3 is 14.4 Å². The van der Waals surface area contributed by atoms with Crippen LogP contribution in [0.1, 0.15) is 6.42 Å². The summed E-state index contributed by atoms with van der Waals surface area (Å²) in [5.74, 6) is -1.75. The molecule has 25 heavy (non-hydrogen) atoms. The minimum atomic E-state index is -0.825. The zero-order chi connectivity index (χ0) is 17.8. The molecule has 2 fully saturated rings. The summed E-state index contributed by atoms with van der Waals surface area (Å²) in [6.45, 7) is 3.82. The molecule has 3 heterocycles. The van der Waals surface area contributed by atoms with Gasteiger partial charge in [0.1, 0.15) is 11.5 Å². The highest BCUT2D eigenvalue weighted by Crippen LogP contribution is 2.56. The minimum Gasteiger partial charge on any atom is -0.469 e. The van der Waals surface area contributed by atoms with E-state index in [1.54, 1.807) is 35.2 Å². The summed E-state index contributed by atoms with van der Waals surface area (Å²) in [7, 11) is 1.34. The second kappa shape index (κ2) is 5.71. The summed E-state index contributed by atoms with van der Waals surface area (Å²) >= 11 is 5.98. The number of halogens is 1. The Labute approximate surface area is 150 Å². The molecule has 0 radical (unpaired) electrons. The lowest BCUT2D eigenvalue weighted by atomic mass is 9.74. The van der Waals surface area contributed by atoms with E-state index in [2.05, 4.69) is 6.58 Å². The molecule has 3 aliphatic heterocycles. The number of fused-ring (bicyclic) bond motifs is 1. The van der Waals surface area contributed by atoms with Crippen molar-refractivity contribution < 1.29 is 19.1 Å². The zero-order valence-corrected chi connectivity index (χ0v) is 14.5. The topological polar surface area (TPSA) is 55.8 Å². The van der Waals surface area contributed by atoms with Gasteiger partial charge in [0.2, 0.25) is 5.91 Å². The number of amides is 1. The van der Waals surface area contributed by atoms with Gasteiger partial charge in [-0.15, -0.1) is 6.58 Å². The molecular weight excluding hydrogens is 342 g/mol. The van der Waals surface area contributed by atoms with Crippen molar-refractivity contribution in [2.45, 2.75) is 24.2 Å². The number of carbonyl (C=O) groups excluding carboxylic acids is 2. The first-order valence-electron chi connectivity index (χ1n) is 8.18. The summed E-state index contributed by atoms with van der Waals surface area (Å²) in [5.41, 5.74) is -0.0943. The van der Waals surface area contributed by atoms with E-state index in [4.69, 9.17) is 21.1 Å². The van der Waals surface area contributed by atoms with E-state index in [0.29, 0.717) is 11.4 Å². The molecule has 130 valence electrons. The van der Waals surface area contributed by atoms with Crippen LogP contribution in [0.5, 0.6) is 0 Å². The second-order valence-corrected chi connectivity index (χ2v) is 6.98. The average molecular weight is 360 g/mol. The molecule has 1 amide bonds. The van der Waals surface area contributed by atoms with Crippen molar-refractivity contribution in [3.05, 3.63) is 54.1 Å². The molecular formula is C19H18ClNO4. The fraction of sp³-hybridized carbons (Fsp3) is 0.368. The smallest absolute Gasteiger partial charge is 0.312 e. The summed E-state index contributed by atoms with van der Waals surface area (Å²) < 4.78 is 11.1. The van der Waals surface area contributed by atoms with Crippen molar-refractivity contribution in [1.29, 1.82) is 0 Å². The van der Waals surface area contributed by atoms with Gasteiger partial charge in [0.15, 0.2) is 0 Å². The number of esters is 1. The van der Waals surface area contributed by atoms with Gasteiger partial charge in [-0.05, 0) is 30.7 Å². The Kier molecular flexibility index (Phi) is 3.74. The molecule has 2 saturated heterocycles. The van der Waals surface area contributed by atoms with E-state index in [1.807, 2.05) is 12.2 Å². The largest absolute Gasteiger partial charge is 0.469 e. The van der Waals surface area contributed by atoms with Crippen LogP contribution in [0.3, 0.4) is 0 Å². The molecule has 0 saturated carbocycles. The van der Waals surface area contributed by atoms with E-state index < -0.39 is 29.5 Å². The van der Waals surface area contributed by atoms with Gasteiger partial charge in [-0.2, -0.15) is 0 Å². The number of methoxy groups -OCH3 is 1. The van der Waals surface area contributed by atoms with Gasteiger partial charge in [-0.1, -0.05) is 29.8 Å². The number of ether oxygens (including phenoxy) is 2. The maximum absolute atomic E-state index is 13.3. The number of hydrogen-bond donors (Lipinski definition) is 0. The molecule has 1 aromatic rings. The van der Waals surface area contributed by atoms with Gasteiger partial charge in [0, 0.05) is 10.7 Å². The van der Waals surface area contributed by atoms with Gasteiger partial charge in [-0.3, -0.25) is 9.59 Å². The first-order valence-corrected chi connectivity index (χ1v) is 8.56. The molecule has 5 atom stereocenters. The molecule has 4 rings (SSSR count). The van der Waals surface area contributed by atoms with Crippen molar-refractivity contribution in [3.63, 3.8) is 0 Å². The predicted molar refractivity (Wildman–Crippen MR) is 93.3 cm³/mol. The highest BCUT2D eigenvalue weighted by Gasteiger charge is 2.71. The number of anilines is 1. The number of hydrogen-bond acceptors (Lipinski definition) is 4. The van der Waals surface area contributed by atoms with Crippen LogP contribution in [0.4, 0.5) is 5.69 Å². The Hall–Kier alpha value is -2.11. The predicted octanol–water partition coefficient (Wildman–Crippen LogP) is 2.74. The van der Waals surface area contributed by atoms with Gasteiger partial charge >= 0.3 is 5.97 Å². The van der Waals surface area contributed by atoms with Crippen LogP contribution in [0.15, 0.2) is 49.1 Å². The Balaban J connectivity index is 1.81. The molecule has 0 aromatic heterocycles. The van der Waals surface area contributed by atoms with Crippen LogP contribution in [0.25, 0.3) is 0 Å². The fourth-order valence-corrected chi connectivity index (χ4v) is 4.54. The monoisotopic (exact) mass is 359 g/mol. The van der Waals surface area contributed by atoms with Crippen molar-refractivity contribution in [1.82, 2.24) is 0 Å². The lowest BCUT2D eigenvalue weighted by Gasteiger charge is -2.32. The second-order valence-electron chi connectivity index (χ2n) is 6.55. The number of nitrogens with zero attached hydrogens (tertiary/aromatic N) is 1. The van der Waals surface area contributed by atoms with Gasteiger partial charge in [0.25, 0.3) is 0 Å². The third-order valence-corrected chi connectivity index (χ3v) is 5.64. The Morgan fingerprint density at radius 2 is 2.16 bits per heavy atom. The molecule has 5 nitrogen and oxygen atoms in total. The molecule has 6 heteroatoms. The van der Waals surface area contributed by atoms with E-state index in [1.165, 1.54) is 7.11 Å². The Bertz CT molecular complexity index is 774. The van der Waals surface area contributed by atoms with Crippen molar-refractivity contribution in [3.8, 4) is 0 Å². The quantitative estimate of drug-likeness (QED) is 0.612. The average Bonchev–Trinajstić information content (AvgIpc) is 3.25. The first kappa shape index (κ1) is 16.4. The maximum Gasteiger partial charge on any atom is 0.312 e. The molecule has 0 aliphatic carbocycles. The molecule has 3 aliphatic rings. The molecule has 0 N–H and O–H groups in total. The summed E-state index contributed by atoms with van der Waals surface area (Å²) in [6.07, 6.45) is 5.71. The highest BCUT2D eigenvalue weighted by atomic mass is 35.5. The lowest BCUT2D eigenvalue weighted by molar-refractivity contribution is -0.149. The van der Waals surface area contributed by atoms with Crippen LogP contribution in [-0.2, 0) is 19.1 Å². The molecule has 2 bridgehead atoms. The summed E-state index contributed by atoms with van der Waals surface area (Å²) in [6, 6.07) is 6.83. The van der Waals surface area contributed by atoms with E-state index in [9.17, 15) is 9.59 Å².